The van der Waals surface area contributed by atoms with Crippen molar-refractivity contribution in [3.63, 3.8) is 0 Å². The Hall–Kier alpha value is -3.66. The van der Waals surface area contributed by atoms with Crippen molar-refractivity contribution in [2.75, 3.05) is 0 Å². The summed E-state index contributed by atoms with van der Waals surface area (Å²) in [5, 5.41) is 3.47. The molecule has 174 valence electrons. The topological polar surface area (TPSA) is 17.4 Å². The first kappa shape index (κ1) is 21.8. The Balaban J connectivity index is 1.20. The summed E-state index contributed by atoms with van der Waals surface area (Å²) in [5.41, 5.74) is 6.51. The number of nitrogens with zero attached hydrogens (tertiary/aromatic N) is 2. The van der Waals surface area contributed by atoms with E-state index in [1.54, 1.807) is 0 Å². The molecule has 0 unspecified atom stereocenters. The van der Waals surface area contributed by atoms with Crippen molar-refractivity contribution in [3.05, 3.63) is 144 Å². The summed E-state index contributed by atoms with van der Waals surface area (Å²) < 4.78 is 2.33. The molecule has 0 radical (unpaired) electrons. The van der Waals surface area contributed by atoms with Crippen LogP contribution in [-0.2, 0) is 24.3 Å². The zero-order chi connectivity index (χ0) is 23.5. The minimum Gasteiger partial charge on any atom is -0.343 e. The summed E-state index contributed by atoms with van der Waals surface area (Å²) >= 11 is 0. The van der Waals surface area contributed by atoms with Crippen LogP contribution in [0.15, 0.2) is 121 Å². The van der Waals surface area contributed by atoms with Crippen LogP contribution in [0, 0.1) is 0 Å². The van der Waals surface area contributed by atoms with Crippen molar-refractivity contribution >= 4 is 10.9 Å². The Kier molecular flexibility index (Phi) is 6.18. The first-order chi connectivity index (χ1) is 17.3. The van der Waals surface area contributed by atoms with Crippen LogP contribution in [0.4, 0.5) is 0 Å². The smallest absolute Gasteiger partial charge is 0.0853 e. The van der Waals surface area contributed by atoms with Crippen LogP contribution < -0.4 is 0 Å². The van der Waals surface area contributed by atoms with Crippen molar-refractivity contribution in [1.29, 1.82) is 0 Å². The van der Waals surface area contributed by atoms with E-state index in [4.69, 9.17) is 4.84 Å². The van der Waals surface area contributed by atoms with Crippen molar-refractivity contribution < 1.29 is 4.84 Å². The van der Waals surface area contributed by atoms with Crippen LogP contribution in [-0.4, -0.2) is 15.7 Å². The van der Waals surface area contributed by atoms with Gasteiger partial charge in [-0.1, -0.05) is 97.1 Å². The molecule has 0 saturated carbocycles. The van der Waals surface area contributed by atoms with Gasteiger partial charge >= 0.3 is 0 Å². The number of hydrogen-bond acceptors (Lipinski definition) is 2. The van der Waals surface area contributed by atoms with Gasteiger partial charge in [-0.2, -0.15) is 5.06 Å². The van der Waals surface area contributed by atoms with Crippen molar-refractivity contribution in [3.8, 4) is 0 Å². The van der Waals surface area contributed by atoms with E-state index < -0.39 is 0 Å². The number of aromatic nitrogens is 1. The SMILES string of the molecule is c1ccc(CN2O[C@H](Cc3ccc4c(ccn4Cc4ccccc4)c3)C[C@@H]2c2ccccc2)cc1. The van der Waals surface area contributed by atoms with Gasteiger partial charge in [-0.3, -0.25) is 4.84 Å². The lowest BCUT2D eigenvalue weighted by atomic mass is 9.97. The second-order valence-electron chi connectivity index (χ2n) is 9.48. The average molecular weight is 459 g/mol. The van der Waals surface area contributed by atoms with E-state index in [2.05, 4.69) is 131 Å². The highest BCUT2D eigenvalue weighted by Gasteiger charge is 2.34. The summed E-state index contributed by atoms with van der Waals surface area (Å²) in [6, 6.07) is 41.4. The third-order valence-corrected chi connectivity index (χ3v) is 6.98. The van der Waals surface area contributed by atoms with E-state index in [0.717, 1.165) is 25.9 Å². The maximum Gasteiger partial charge on any atom is 0.0853 e. The molecular formula is C32H30N2O. The lowest BCUT2D eigenvalue weighted by molar-refractivity contribution is -0.170. The summed E-state index contributed by atoms with van der Waals surface area (Å²) in [7, 11) is 0. The number of hydroxylamine groups is 2. The van der Waals surface area contributed by atoms with Gasteiger partial charge in [-0.05, 0) is 52.3 Å². The fourth-order valence-electron chi connectivity index (χ4n) is 5.24. The summed E-state index contributed by atoms with van der Waals surface area (Å²) in [6.07, 6.45) is 4.26. The Bertz CT molecular complexity index is 1380. The summed E-state index contributed by atoms with van der Waals surface area (Å²) in [4.78, 5) is 6.56. The molecular weight excluding hydrogens is 428 g/mol. The second-order valence-corrected chi connectivity index (χ2v) is 9.48. The molecule has 0 amide bonds. The van der Waals surface area contributed by atoms with E-state index in [9.17, 15) is 0 Å². The molecule has 6 rings (SSSR count). The highest BCUT2D eigenvalue weighted by Crippen LogP contribution is 2.36. The molecule has 0 bridgehead atoms. The first-order valence-electron chi connectivity index (χ1n) is 12.5. The van der Waals surface area contributed by atoms with Gasteiger partial charge in [0.05, 0.1) is 12.1 Å². The highest BCUT2D eigenvalue weighted by atomic mass is 16.7. The molecule has 1 aromatic heterocycles. The molecule has 4 aromatic carbocycles. The summed E-state index contributed by atoms with van der Waals surface area (Å²) in [5.74, 6) is 0. The first-order valence-corrected chi connectivity index (χ1v) is 12.5. The van der Waals surface area contributed by atoms with Crippen LogP contribution in [0.1, 0.15) is 34.7 Å². The molecule has 3 heteroatoms. The molecule has 5 aromatic rings. The van der Waals surface area contributed by atoms with Crippen molar-refractivity contribution in [1.82, 2.24) is 9.63 Å². The fourth-order valence-corrected chi connectivity index (χ4v) is 5.24. The average Bonchev–Trinajstić information content (AvgIpc) is 3.49. The molecule has 0 aliphatic carbocycles. The van der Waals surface area contributed by atoms with Gasteiger partial charge in [0, 0.05) is 31.2 Å². The van der Waals surface area contributed by atoms with Gasteiger partial charge in [0.1, 0.15) is 0 Å². The molecule has 0 N–H and O–H groups in total. The Labute approximate surface area is 207 Å². The Morgan fingerprint density at radius 2 is 1.31 bits per heavy atom. The number of hydrogen-bond donors (Lipinski definition) is 0. The number of benzene rings is 4. The predicted molar refractivity (Wildman–Crippen MR) is 142 cm³/mol. The molecule has 2 heterocycles. The monoisotopic (exact) mass is 458 g/mol. The van der Waals surface area contributed by atoms with Gasteiger partial charge in [-0.25, -0.2) is 0 Å². The van der Waals surface area contributed by atoms with Crippen LogP contribution in [0.3, 0.4) is 0 Å². The zero-order valence-corrected chi connectivity index (χ0v) is 19.8. The Morgan fingerprint density at radius 1 is 0.657 bits per heavy atom. The normalized spacial score (nSPS) is 18.3. The maximum absolute atomic E-state index is 6.56. The molecule has 1 saturated heterocycles. The molecule has 2 atom stereocenters. The van der Waals surface area contributed by atoms with E-state index in [0.29, 0.717) is 0 Å². The van der Waals surface area contributed by atoms with Gasteiger partial charge in [0.15, 0.2) is 0 Å². The minimum absolute atomic E-state index is 0.160. The van der Waals surface area contributed by atoms with Gasteiger partial charge < -0.3 is 4.57 Å². The fraction of sp³-hybridized carbons (Fsp3) is 0.188. The van der Waals surface area contributed by atoms with Gasteiger partial charge in [0.25, 0.3) is 0 Å². The summed E-state index contributed by atoms with van der Waals surface area (Å²) in [6.45, 7) is 1.68. The zero-order valence-electron chi connectivity index (χ0n) is 19.8. The molecule has 0 spiro atoms. The molecule has 35 heavy (non-hydrogen) atoms. The van der Waals surface area contributed by atoms with E-state index >= 15 is 0 Å². The van der Waals surface area contributed by atoms with Gasteiger partial charge in [-0.15, -0.1) is 0 Å². The van der Waals surface area contributed by atoms with E-state index in [1.807, 2.05) is 0 Å². The molecule has 3 nitrogen and oxygen atoms in total. The maximum atomic E-state index is 6.56. The second kappa shape index (κ2) is 9.91. The minimum atomic E-state index is 0.160. The largest absolute Gasteiger partial charge is 0.343 e. The highest BCUT2D eigenvalue weighted by molar-refractivity contribution is 5.81. The Morgan fingerprint density at radius 3 is 2.03 bits per heavy atom. The van der Waals surface area contributed by atoms with E-state index in [-0.39, 0.29) is 12.1 Å². The van der Waals surface area contributed by atoms with Crippen LogP contribution in [0.2, 0.25) is 0 Å². The quantitative estimate of drug-likeness (QED) is 0.257. The number of fused-ring (bicyclic) bond motifs is 1. The van der Waals surface area contributed by atoms with Crippen molar-refractivity contribution in [2.24, 2.45) is 0 Å². The van der Waals surface area contributed by atoms with Crippen molar-refractivity contribution in [2.45, 2.75) is 38.1 Å². The predicted octanol–water partition coefficient (Wildman–Crippen LogP) is 7.18. The number of rotatable bonds is 7. The lowest BCUT2D eigenvalue weighted by Crippen LogP contribution is -2.22. The third kappa shape index (κ3) is 4.93. The standard InChI is InChI=1S/C32H30N2O/c1-4-10-25(11-5-1)23-33-19-18-29-20-27(16-17-31(29)33)21-30-22-32(28-14-8-3-9-15-28)34(35-30)24-26-12-6-2-7-13-26/h1-20,30,32H,21-24H2/t30-,32-/m1/s1. The lowest BCUT2D eigenvalue weighted by Gasteiger charge is -2.23. The van der Waals surface area contributed by atoms with Crippen LogP contribution in [0.5, 0.6) is 0 Å². The van der Waals surface area contributed by atoms with E-state index in [1.165, 1.54) is 33.2 Å². The van der Waals surface area contributed by atoms with Crippen LogP contribution >= 0.6 is 0 Å². The molecule has 1 aliphatic heterocycles. The third-order valence-electron chi connectivity index (χ3n) is 6.98. The van der Waals surface area contributed by atoms with Crippen LogP contribution in [0.25, 0.3) is 10.9 Å². The van der Waals surface area contributed by atoms with Gasteiger partial charge in [0.2, 0.25) is 0 Å². The molecule has 1 aliphatic rings. The molecule has 1 fully saturated rings.